The number of amides is 1. The minimum absolute atomic E-state index is 0.0247. The largest absolute Gasteiger partial charge is 0.356 e. The number of aromatic amines is 1. The highest BCUT2D eigenvalue weighted by Gasteiger charge is 2.13. The van der Waals surface area contributed by atoms with Crippen LogP contribution in [0.15, 0.2) is 53.4 Å². The fourth-order valence-electron chi connectivity index (χ4n) is 2.47. The van der Waals surface area contributed by atoms with E-state index in [1.165, 1.54) is 19.1 Å². The number of H-pyrrole nitrogens is 1. The van der Waals surface area contributed by atoms with Crippen LogP contribution < -0.4 is 5.32 Å². The maximum atomic E-state index is 13.2. The second-order valence-electron chi connectivity index (χ2n) is 5.21. The lowest BCUT2D eigenvalue weighted by atomic mass is 10.1. The number of hydrogen-bond acceptors (Lipinski definition) is 2. The first kappa shape index (κ1) is 15.6. The number of rotatable bonds is 5. The van der Waals surface area contributed by atoms with Gasteiger partial charge in [0.2, 0.25) is 5.91 Å². The Bertz CT molecular complexity index is 827. The fraction of sp³-hybridized carbons (Fsp3) is 0.167. The quantitative estimate of drug-likeness (QED) is 0.544. The van der Waals surface area contributed by atoms with Crippen molar-refractivity contribution in [3.8, 4) is 11.3 Å². The van der Waals surface area contributed by atoms with E-state index in [-0.39, 0.29) is 11.7 Å². The van der Waals surface area contributed by atoms with E-state index in [4.69, 9.17) is 0 Å². The van der Waals surface area contributed by atoms with Gasteiger partial charge in [-0.1, -0.05) is 18.2 Å². The highest BCUT2D eigenvalue weighted by molar-refractivity contribution is 7.99. The van der Waals surface area contributed by atoms with Crippen LogP contribution in [0.3, 0.4) is 0 Å². The molecule has 3 rings (SSSR count). The summed E-state index contributed by atoms with van der Waals surface area (Å²) in [6, 6.07) is 14.6. The Morgan fingerprint density at radius 1 is 1.17 bits per heavy atom. The van der Waals surface area contributed by atoms with Gasteiger partial charge in [0.25, 0.3) is 0 Å². The van der Waals surface area contributed by atoms with Crippen LogP contribution in [0.4, 0.5) is 4.39 Å². The number of para-hydroxylation sites is 1. The number of nitrogens with one attached hydrogen (secondary N) is 2. The van der Waals surface area contributed by atoms with Crippen LogP contribution in [-0.2, 0) is 4.79 Å². The van der Waals surface area contributed by atoms with Gasteiger partial charge in [-0.05, 0) is 35.9 Å². The number of thioether (sulfide) groups is 1. The Labute approximate surface area is 138 Å². The molecular formula is C18H17FN2OS. The highest BCUT2D eigenvalue weighted by atomic mass is 32.2. The van der Waals surface area contributed by atoms with Gasteiger partial charge in [-0.25, -0.2) is 4.39 Å². The van der Waals surface area contributed by atoms with E-state index in [0.717, 1.165) is 32.8 Å². The van der Waals surface area contributed by atoms with Gasteiger partial charge in [0.1, 0.15) is 5.82 Å². The van der Waals surface area contributed by atoms with E-state index in [0.29, 0.717) is 6.54 Å². The van der Waals surface area contributed by atoms with Crippen LogP contribution in [0, 0.1) is 5.82 Å². The summed E-state index contributed by atoms with van der Waals surface area (Å²) >= 11 is 1.68. The predicted molar refractivity (Wildman–Crippen MR) is 93.1 cm³/mol. The van der Waals surface area contributed by atoms with Crippen LogP contribution in [0.2, 0.25) is 0 Å². The minimum Gasteiger partial charge on any atom is -0.356 e. The van der Waals surface area contributed by atoms with E-state index >= 15 is 0 Å². The minimum atomic E-state index is -0.246. The van der Waals surface area contributed by atoms with E-state index in [1.807, 2.05) is 18.2 Å². The average molecular weight is 328 g/mol. The predicted octanol–water partition coefficient (Wildman–Crippen LogP) is 4.20. The third-order valence-corrected chi connectivity index (χ3v) is 4.63. The number of aromatic nitrogens is 1. The molecule has 0 saturated carbocycles. The fourth-order valence-corrected chi connectivity index (χ4v) is 3.52. The second-order valence-corrected chi connectivity index (χ2v) is 6.32. The molecule has 0 aliphatic rings. The van der Waals surface area contributed by atoms with Crippen LogP contribution in [0.1, 0.15) is 6.92 Å². The molecule has 1 amide bonds. The van der Waals surface area contributed by atoms with Gasteiger partial charge in [-0.2, -0.15) is 0 Å². The third kappa shape index (κ3) is 3.56. The molecule has 1 aromatic heterocycles. The van der Waals surface area contributed by atoms with Crippen molar-refractivity contribution in [2.45, 2.75) is 11.8 Å². The molecule has 0 atom stereocenters. The zero-order valence-corrected chi connectivity index (χ0v) is 13.5. The van der Waals surface area contributed by atoms with Crippen molar-refractivity contribution in [2.75, 3.05) is 12.3 Å². The Kier molecular flexibility index (Phi) is 4.67. The maximum Gasteiger partial charge on any atom is 0.216 e. The first-order chi connectivity index (χ1) is 11.1. The molecule has 2 aromatic carbocycles. The van der Waals surface area contributed by atoms with Crippen LogP contribution in [0.5, 0.6) is 0 Å². The lowest BCUT2D eigenvalue weighted by molar-refractivity contribution is -0.118. The highest BCUT2D eigenvalue weighted by Crippen LogP contribution is 2.37. The molecule has 2 N–H and O–H groups in total. The topological polar surface area (TPSA) is 44.9 Å². The zero-order chi connectivity index (χ0) is 16.2. The number of hydrogen-bond donors (Lipinski definition) is 2. The van der Waals surface area contributed by atoms with Crippen molar-refractivity contribution in [3.05, 3.63) is 54.3 Å². The first-order valence-corrected chi connectivity index (χ1v) is 8.37. The molecule has 118 valence electrons. The molecule has 0 fully saturated rings. The molecule has 5 heteroatoms. The summed E-state index contributed by atoms with van der Waals surface area (Å²) in [6.07, 6.45) is 0. The monoisotopic (exact) mass is 328 g/mol. The molecule has 23 heavy (non-hydrogen) atoms. The number of halogens is 1. The van der Waals surface area contributed by atoms with Crippen molar-refractivity contribution in [1.82, 2.24) is 10.3 Å². The molecule has 0 saturated heterocycles. The van der Waals surface area contributed by atoms with E-state index < -0.39 is 0 Å². The third-order valence-electron chi connectivity index (χ3n) is 3.51. The van der Waals surface area contributed by atoms with Gasteiger partial charge in [0.05, 0.1) is 5.69 Å². The lowest BCUT2D eigenvalue weighted by Crippen LogP contribution is -2.22. The zero-order valence-electron chi connectivity index (χ0n) is 12.7. The molecule has 3 aromatic rings. The Morgan fingerprint density at radius 2 is 1.91 bits per heavy atom. The molecule has 0 aliphatic carbocycles. The smallest absolute Gasteiger partial charge is 0.216 e. The number of carbonyl (C=O) groups is 1. The summed E-state index contributed by atoms with van der Waals surface area (Å²) in [5, 5.41) is 3.94. The maximum absolute atomic E-state index is 13.2. The van der Waals surface area contributed by atoms with Crippen LogP contribution in [0.25, 0.3) is 22.2 Å². The number of fused-ring (bicyclic) bond motifs is 1. The second kappa shape index (κ2) is 6.87. The normalized spacial score (nSPS) is 10.9. The van der Waals surface area contributed by atoms with Crippen molar-refractivity contribution in [2.24, 2.45) is 0 Å². The molecule has 0 radical (unpaired) electrons. The van der Waals surface area contributed by atoms with Crippen molar-refractivity contribution < 1.29 is 9.18 Å². The van der Waals surface area contributed by atoms with E-state index in [2.05, 4.69) is 16.4 Å². The van der Waals surface area contributed by atoms with Crippen LogP contribution >= 0.6 is 11.8 Å². The van der Waals surface area contributed by atoms with Gasteiger partial charge < -0.3 is 10.3 Å². The van der Waals surface area contributed by atoms with Gasteiger partial charge in [0.15, 0.2) is 0 Å². The van der Waals surface area contributed by atoms with Gasteiger partial charge in [-0.15, -0.1) is 11.8 Å². The van der Waals surface area contributed by atoms with Gasteiger partial charge >= 0.3 is 0 Å². The summed E-state index contributed by atoms with van der Waals surface area (Å²) in [4.78, 5) is 15.5. The number of carbonyl (C=O) groups excluding carboxylic acids is 1. The standard InChI is InChI=1S/C18H17FN2OS/c1-12(22)20-10-11-23-18-15-4-2-3-5-16(15)21-17(18)13-6-8-14(19)9-7-13/h2-9,21H,10-11H2,1H3,(H,20,22). The van der Waals surface area contributed by atoms with Crippen molar-refractivity contribution in [3.63, 3.8) is 0 Å². The first-order valence-electron chi connectivity index (χ1n) is 7.39. The Hall–Kier alpha value is -2.27. The SMILES string of the molecule is CC(=O)NCCSc1c(-c2ccc(F)cc2)[nH]c2ccccc12. The summed E-state index contributed by atoms with van der Waals surface area (Å²) in [5.74, 6) is 0.503. The van der Waals surface area contributed by atoms with Crippen molar-refractivity contribution >= 4 is 28.6 Å². The Balaban J connectivity index is 1.94. The summed E-state index contributed by atoms with van der Waals surface area (Å²) in [7, 11) is 0. The molecule has 0 bridgehead atoms. The van der Waals surface area contributed by atoms with Gasteiger partial charge in [-0.3, -0.25) is 4.79 Å². The molecule has 1 heterocycles. The average Bonchev–Trinajstić information content (AvgIpc) is 2.91. The van der Waals surface area contributed by atoms with Gasteiger partial charge in [0, 0.05) is 35.0 Å². The molecule has 0 aliphatic heterocycles. The summed E-state index contributed by atoms with van der Waals surface area (Å²) < 4.78 is 13.2. The molecule has 3 nitrogen and oxygen atoms in total. The molecule has 0 spiro atoms. The molecular weight excluding hydrogens is 311 g/mol. The van der Waals surface area contributed by atoms with Crippen LogP contribution in [-0.4, -0.2) is 23.2 Å². The summed E-state index contributed by atoms with van der Waals surface area (Å²) in [6.45, 7) is 2.13. The number of benzene rings is 2. The van der Waals surface area contributed by atoms with Crippen molar-refractivity contribution in [1.29, 1.82) is 0 Å². The Morgan fingerprint density at radius 3 is 2.65 bits per heavy atom. The lowest BCUT2D eigenvalue weighted by Gasteiger charge is -2.06. The summed E-state index contributed by atoms with van der Waals surface area (Å²) in [5.41, 5.74) is 2.98. The van der Waals surface area contributed by atoms with E-state index in [9.17, 15) is 9.18 Å². The molecule has 0 unspecified atom stereocenters. The van der Waals surface area contributed by atoms with E-state index in [1.54, 1.807) is 23.9 Å².